The number of piperidine rings is 2. The second kappa shape index (κ2) is 7.40. The van der Waals surface area contributed by atoms with Crippen molar-refractivity contribution in [1.82, 2.24) is 19.8 Å². The first kappa shape index (κ1) is 18.1. The van der Waals surface area contributed by atoms with Crippen LogP contribution >= 0.6 is 0 Å². The first-order chi connectivity index (χ1) is 13.1. The number of carbonyl (C=O) groups excluding carboxylic acids is 1. The first-order valence-corrected chi connectivity index (χ1v) is 9.48. The highest BCUT2D eigenvalue weighted by molar-refractivity contribution is 5.94. The molecule has 1 aromatic carbocycles. The number of hydrogen-bond donors (Lipinski definition) is 2. The highest BCUT2D eigenvalue weighted by Crippen LogP contribution is 2.42. The number of carbonyl (C=O) groups is 1. The number of H-pyrrole nitrogens is 1. The number of halogens is 1. The molecule has 1 aromatic heterocycles. The summed E-state index contributed by atoms with van der Waals surface area (Å²) in [7, 11) is 0. The number of nitrogens with one attached hydrogen (secondary N) is 1. The molecule has 4 rings (SSSR count). The van der Waals surface area contributed by atoms with E-state index in [1.54, 1.807) is 23.4 Å². The van der Waals surface area contributed by atoms with Crippen molar-refractivity contribution in [3.05, 3.63) is 53.9 Å². The van der Waals surface area contributed by atoms with Crippen LogP contribution in [0.25, 0.3) is 0 Å². The fourth-order valence-electron chi connectivity index (χ4n) is 4.75. The number of aliphatic hydroxyl groups excluding tert-OH is 1. The second-order valence-electron chi connectivity index (χ2n) is 7.71. The monoisotopic (exact) mass is 372 g/mol. The fraction of sp³-hybridized carbons (Fsp3) is 0.500. The number of fused-ring (bicyclic) bond motifs is 1. The Hall–Kier alpha value is -2.25. The van der Waals surface area contributed by atoms with Gasteiger partial charge in [0.1, 0.15) is 5.82 Å². The third-order valence-corrected chi connectivity index (χ3v) is 6.05. The number of likely N-dealkylation sites (tertiary alicyclic amines) is 2. The fourth-order valence-corrected chi connectivity index (χ4v) is 4.75. The Labute approximate surface area is 158 Å². The Balaban J connectivity index is 1.53. The summed E-state index contributed by atoms with van der Waals surface area (Å²) in [6, 6.07) is 6.05. The molecule has 3 heterocycles. The quantitative estimate of drug-likeness (QED) is 0.862. The van der Waals surface area contributed by atoms with Crippen molar-refractivity contribution >= 4 is 5.91 Å². The van der Waals surface area contributed by atoms with Crippen LogP contribution in [0.1, 0.15) is 35.3 Å². The molecule has 0 unspecified atom stereocenters. The lowest BCUT2D eigenvalue weighted by atomic mass is 9.69. The molecule has 0 bridgehead atoms. The zero-order valence-electron chi connectivity index (χ0n) is 15.3. The van der Waals surface area contributed by atoms with Crippen molar-refractivity contribution in [2.45, 2.75) is 31.8 Å². The average Bonchev–Trinajstić information content (AvgIpc) is 3.20. The van der Waals surface area contributed by atoms with Gasteiger partial charge in [0.15, 0.2) is 0 Å². The van der Waals surface area contributed by atoms with E-state index in [0.717, 1.165) is 38.0 Å². The summed E-state index contributed by atoms with van der Waals surface area (Å²) in [5.41, 5.74) is 1.09. The van der Waals surface area contributed by atoms with E-state index in [9.17, 15) is 14.3 Å². The maximum absolute atomic E-state index is 13.5. The van der Waals surface area contributed by atoms with Crippen LogP contribution in [-0.2, 0) is 6.54 Å². The summed E-state index contributed by atoms with van der Waals surface area (Å²) in [5, 5.41) is 10.3. The summed E-state index contributed by atoms with van der Waals surface area (Å²) in [5.74, 6) is -0.567. The lowest BCUT2D eigenvalue weighted by Gasteiger charge is -2.54. The molecule has 2 N–H and O–H groups in total. The van der Waals surface area contributed by atoms with Crippen molar-refractivity contribution in [1.29, 1.82) is 0 Å². The predicted octanol–water partition coefficient (Wildman–Crippen LogP) is 2.04. The molecule has 2 aromatic rings. The van der Waals surface area contributed by atoms with E-state index in [1.165, 1.54) is 12.1 Å². The van der Waals surface area contributed by atoms with E-state index in [2.05, 4.69) is 14.9 Å². The molecule has 2 saturated heterocycles. The van der Waals surface area contributed by atoms with E-state index in [0.29, 0.717) is 18.7 Å². The number of aromatic nitrogens is 2. The smallest absolute Gasteiger partial charge is 0.253 e. The van der Waals surface area contributed by atoms with Gasteiger partial charge in [-0.3, -0.25) is 9.69 Å². The summed E-state index contributed by atoms with van der Waals surface area (Å²) in [4.78, 5) is 24.3. The molecule has 27 heavy (non-hydrogen) atoms. The van der Waals surface area contributed by atoms with Gasteiger partial charge < -0.3 is 15.0 Å². The van der Waals surface area contributed by atoms with Gasteiger partial charge in [-0.15, -0.1) is 0 Å². The van der Waals surface area contributed by atoms with Gasteiger partial charge in [0.25, 0.3) is 5.91 Å². The normalized spacial score (nSPS) is 26.0. The van der Waals surface area contributed by atoms with E-state index < -0.39 is 5.82 Å². The van der Waals surface area contributed by atoms with Crippen molar-refractivity contribution in [3.8, 4) is 0 Å². The number of aromatic amines is 1. The van der Waals surface area contributed by atoms with Gasteiger partial charge >= 0.3 is 0 Å². The zero-order chi connectivity index (χ0) is 18.9. The molecule has 0 saturated carbocycles. The number of nitrogens with zero attached hydrogens (tertiary/aromatic N) is 3. The summed E-state index contributed by atoms with van der Waals surface area (Å²) in [6.45, 7) is 2.90. The highest BCUT2D eigenvalue weighted by atomic mass is 19.1. The Bertz CT molecular complexity index is 797. The number of aliphatic hydroxyl groups is 1. The van der Waals surface area contributed by atoms with Crippen LogP contribution in [0.15, 0.2) is 36.8 Å². The van der Waals surface area contributed by atoms with Gasteiger partial charge in [-0.2, -0.15) is 0 Å². The van der Waals surface area contributed by atoms with E-state index in [1.807, 2.05) is 6.20 Å². The van der Waals surface area contributed by atoms with Crippen LogP contribution in [0, 0.1) is 11.2 Å². The minimum absolute atomic E-state index is 0.0457. The van der Waals surface area contributed by atoms with Gasteiger partial charge in [-0.1, -0.05) is 6.07 Å². The molecule has 0 spiro atoms. The van der Waals surface area contributed by atoms with E-state index in [4.69, 9.17) is 0 Å². The summed E-state index contributed by atoms with van der Waals surface area (Å²) < 4.78 is 13.5. The molecular formula is C20H25FN4O2. The topological polar surface area (TPSA) is 72.5 Å². The minimum Gasteiger partial charge on any atom is -0.396 e. The van der Waals surface area contributed by atoms with E-state index >= 15 is 0 Å². The number of rotatable bonds is 4. The van der Waals surface area contributed by atoms with Crippen LogP contribution in [0.3, 0.4) is 0 Å². The van der Waals surface area contributed by atoms with Crippen LogP contribution < -0.4 is 0 Å². The molecule has 2 aliphatic heterocycles. The van der Waals surface area contributed by atoms with Crippen molar-refractivity contribution in [2.24, 2.45) is 5.41 Å². The van der Waals surface area contributed by atoms with Gasteiger partial charge in [0.2, 0.25) is 0 Å². The van der Waals surface area contributed by atoms with Crippen molar-refractivity contribution < 1.29 is 14.3 Å². The van der Waals surface area contributed by atoms with Crippen molar-refractivity contribution in [3.63, 3.8) is 0 Å². The standard InChI is InChI=1S/C20H25FN4O2/c21-16-4-1-3-15(9-16)19(27)25-8-5-18-20(12-25,13-26)6-2-7-24(18)11-17-10-22-14-23-17/h1,3-4,9-10,14,18,26H,2,5-8,11-13H2,(H,22,23)/t18-,20-/m1/s1. The first-order valence-electron chi connectivity index (χ1n) is 9.48. The third kappa shape index (κ3) is 3.49. The SMILES string of the molecule is O=C(c1cccc(F)c1)N1CC[C@H]2N(Cc3cnc[nH]3)CCC[C@]2(CO)C1. The molecule has 6 nitrogen and oxygen atoms in total. The number of hydrogen-bond acceptors (Lipinski definition) is 4. The molecule has 144 valence electrons. The Kier molecular flexibility index (Phi) is 4.97. The van der Waals surface area contributed by atoms with Gasteiger partial charge in [-0.25, -0.2) is 9.37 Å². The maximum Gasteiger partial charge on any atom is 0.253 e. The van der Waals surface area contributed by atoms with E-state index in [-0.39, 0.29) is 24.0 Å². The van der Waals surface area contributed by atoms with Crippen LogP contribution in [0.4, 0.5) is 4.39 Å². The molecule has 1 amide bonds. The highest BCUT2D eigenvalue weighted by Gasteiger charge is 2.48. The van der Waals surface area contributed by atoms with Gasteiger partial charge in [0.05, 0.1) is 12.9 Å². The molecule has 0 radical (unpaired) electrons. The number of benzene rings is 1. The Morgan fingerprint density at radius 3 is 3.04 bits per heavy atom. The molecule has 0 aliphatic carbocycles. The van der Waals surface area contributed by atoms with Gasteiger partial charge in [-0.05, 0) is 44.0 Å². The van der Waals surface area contributed by atoms with Crippen LogP contribution in [0.2, 0.25) is 0 Å². The molecule has 2 fully saturated rings. The molecule has 2 atom stereocenters. The predicted molar refractivity (Wildman–Crippen MR) is 98.5 cm³/mol. The minimum atomic E-state index is -0.406. The summed E-state index contributed by atoms with van der Waals surface area (Å²) >= 11 is 0. The lowest BCUT2D eigenvalue weighted by Crippen LogP contribution is -2.63. The lowest BCUT2D eigenvalue weighted by molar-refractivity contribution is -0.0743. The summed E-state index contributed by atoms with van der Waals surface area (Å²) in [6.07, 6.45) is 6.18. The Morgan fingerprint density at radius 2 is 2.30 bits per heavy atom. The third-order valence-electron chi connectivity index (χ3n) is 6.05. The molecular weight excluding hydrogens is 347 g/mol. The zero-order valence-corrected chi connectivity index (χ0v) is 15.3. The van der Waals surface area contributed by atoms with Crippen molar-refractivity contribution in [2.75, 3.05) is 26.2 Å². The largest absolute Gasteiger partial charge is 0.396 e. The van der Waals surface area contributed by atoms with Gasteiger partial charge in [0, 0.05) is 48.5 Å². The Morgan fingerprint density at radius 1 is 1.41 bits per heavy atom. The maximum atomic E-state index is 13.5. The van der Waals surface area contributed by atoms with Crippen LogP contribution in [0.5, 0.6) is 0 Å². The van der Waals surface area contributed by atoms with Crippen LogP contribution in [-0.4, -0.2) is 63.1 Å². The second-order valence-corrected chi connectivity index (χ2v) is 7.71. The molecule has 7 heteroatoms. The molecule has 2 aliphatic rings. The number of imidazole rings is 1. The average molecular weight is 372 g/mol. The number of amides is 1.